The van der Waals surface area contributed by atoms with Crippen LogP contribution >= 0.6 is 0 Å². The number of sulfonamides is 1. The molecule has 0 fully saturated rings. The molecule has 7 nitrogen and oxygen atoms in total. The zero-order chi connectivity index (χ0) is 18.6. The van der Waals surface area contributed by atoms with E-state index >= 15 is 0 Å². The molecule has 1 aromatic carbocycles. The van der Waals surface area contributed by atoms with E-state index in [4.69, 9.17) is 0 Å². The Kier molecular flexibility index (Phi) is 5.73. The largest absolute Gasteiger partial charge is 0.355 e. The smallest absolute Gasteiger partial charge is 0.241 e. The third kappa shape index (κ3) is 4.70. The highest BCUT2D eigenvalue weighted by Crippen LogP contribution is 2.25. The fraction of sp³-hybridized carbons (Fsp3) is 0.444. The second-order valence-corrected chi connectivity index (χ2v) is 8.34. The van der Waals surface area contributed by atoms with Crippen molar-refractivity contribution in [2.45, 2.75) is 43.4 Å². The Bertz CT molecular complexity index is 846. The maximum absolute atomic E-state index is 12.3. The Morgan fingerprint density at radius 2 is 2.08 bits per heavy atom. The summed E-state index contributed by atoms with van der Waals surface area (Å²) in [5.74, 6) is -0.516. The average molecular weight is 377 g/mol. The molecule has 0 aromatic heterocycles. The molecular weight excluding hydrogens is 354 g/mol. The van der Waals surface area contributed by atoms with Crippen LogP contribution < -0.4 is 15.4 Å². The van der Waals surface area contributed by atoms with Gasteiger partial charge in [0.15, 0.2) is 0 Å². The zero-order valence-corrected chi connectivity index (χ0v) is 15.3. The summed E-state index contributed by atoms with van der Waals surface area (Å²) in [7, 11) is -3.80. The first-order valence-electron chi connectivity index (χ1n) is 8.81. The van der Waals surface area contributed by atoms with Gasteiger partial charge in [0, 0.05) is 12.2 Å². The number of carbonyl (C=O) groups is 2. The lowest BCUT2D eigenvalue weighted by Gasteiger charge is -2.13. The van der Waals surface area contributed by atoms with Crippen molar-refractivity contribution < 1.29 is 18.0 Å². The number of anilines is 1. The van der Waals surface area contributed by atoms with Crippen molar-refractivity contribution >= 4 is 27.5 Å². The van der Waals surface area contributed by atoms with Gasteiger partial charge in [0.25, 0.3) is 0 Å². The third-order valence-electron chi connectivity index (χ3n) is 4.59. The van der Waals surface area contributed by atoms with Crippen LogP contribution in [-0.2, 0) is 26.0 Å². The van der Waals surface area contributed by atoms with E-state index < -0.39 is 10.0 Å². The molecular formula is C18H23N3O4S. The van der Waals surface area contributed by atoms with Gasteiger partial charge in [-0.25, -0.2) is 13.1 Å². The van der Waals surface area contributed by atoms with Crippen LogP contribution in [-0.4, -0.2) is 33.3 Å². The molecule has 2 aliphatic rings. The number of carbonyl (C=O) groups excluding carboxylic acids is 2. The minimum atomic E-state index is -3.80. The molecule has 0 atom stereocenters. The van der Waals surface area contributed by atoms with E-state index in [1.54, 1.807) is 6.07 Å². The summed E-state index contributed by atoms with van der Waals surface area (Å²) in [5, 5.41) is 5.39. The van der Waals surface area contributed by atoms with E-state index in [-0.39, 0.29) is 29.7 Å². The highest BCUT2D eigenvalue weighted by Gasteiger charge is 2.22. The SMILES string of the molecule is O=C(CNS(=O)(=O)c1ccc2c(c1)CC(=O)N2)NCCC1=CCCCC1. The van der Waals surface area contributed by atoms with Crippen molar-refractivity contribution in [1.82, 2.24) is 10.0 Å². The van der Waals surface area contributed by atoms with Crippen molar-refractivity contribution in [3.63, 3.8) is 0 Å². The van der Waals surface area contributed by atoms with Crippen LogP contribution in [0.5, 0.6) is 0 Å². The molecule has 8 heteroatoms. The van der Waals surface area contributed by atoms with Gasteiger partial charge in [0.2, 0.25) is 21.8 Å². The minimum absolute atomic E-state index is 0.0490. The Morgan fingerprint density at radius 3 is 2.85 bits per heavy atom. The molecule has 0 spiro atoms. The van der Waals surface area contributed by atoms with E-state index in [1.807, 2.05) is 0 Å². The Morgan fingerprint density at radius 1 is 1.23 bits per heavy atom. The second-order valence-electron chi connectivity index (χ2n) is 6.58. The predicted octanol–water partition coefficient (Wildman–Crippen LogP) is 1.47. The molecule has 3 rings (SSSR count). The number of hydrogen-bond acceptors (Lipinski definition) is 4. The van der Waals surface area contributed by atoms with Crippen LogP contribution in [0.3, 0.4) is 0 Å². The topological polar surface area (TPSA) is 104 Å². The van der Waals surface area contributed by atoms with Gasteiger partial charge in [-0.3, -0.25) is 9.59 Å². The Labute approximate surface area is 153 Å². The highest BCUT2D eigenvalue weighted by atomic mass is 32.2. The standard InChI is InChI=1S/C18H23N3O4S/c22-17-11-14-10-15(6-7-16(14)21-17)26(24,25)20-12-18(23)19-9-8-13-4-2-1-3-5-13/h4,6-7,10,20H,1-3,5,8-9,11-12H2,(H,19,23)(H,21,22). The molecule has 26 heavy (non-hydrogen) atoms. The summed E-state index contributed by atoms with van der Waals surface area (Å²) in [6.07, 6.45) is 7.81. The first-order valence-corrected chi connectivity index (χ1v) is 10.3. The van der Waals surface area contributed by atoms with Crippen molar-refractivity contribution in [3.8, 4) is 0 Å². The number of amides is 2. The lowest BCUT2D eigenvalue weighted by molar-refractivity contribution is -0.120. The van der Waals surface area contributed by atoms with Gasteiger partial charge in [0.1, 0.15) is 0 Å². The minimum Gasteiger partial charge on any atom is -0.355 e. The van der Waals surface area contributed by atoms with Crippen LogP contribution in [0.25, 0.3) is 0 Å². The quantitative estimate of drug-likeness (QED) is 0.626. The molecule has 0 saturated carbocycles. The first kappa shape index (κ1) is 18.6. The molecule has 140 valence electrons. The van der Waals surface area contributed by atoms with Gasteiger partial charge in [0.05, 0.1) is 17.9 Å². The van der Waals surface area contributed by atoms with Crippen LogP contribution in [0.2, 0.25) is 0 Å². The number of fused-ring (bicyclic) bond motifs is 1. The number of benzene rings is 1. The van der Waals surface area contributed by atoms with Crippen molar-refractivity contribution in [2.75, 3.05) is 18.4 Å². The van der Waals surface area contributed by atoms with Gasteiger partial charge in [-0.2, -0.15) is 0 Å². The van der Waals surface area contributed by atoms with Crippen LogP contribution in [0, 0.1) is 0 Å². The molecule has 0 saturated heterocycles. The van der Waals surface area contributed by atoms with E-state index in [0.717, 1.165) is 19.3 Å². The summed E-state index contributed by atoms with van der Waals surface area (Å²) in [5.41, 5.74) is 2.63. The zero-order valence-electron chi connectivity index (χ0n) is 14.5. The summed E-state index contributed by atoms with van der Waals surface area (Å²) < 4.78 is 27.0. The molecule has 0 unspecified atom stereocenters. The fourth-order valence-corrected chi connectivity index (χ4v) is 4.21. The van der Waals surface area contributed by atoms with Gasteiger partial charge in [-0.1, -0.05) is 11.6 Å². The number of allylic oxidation sites excluding steroid dienone is 1. The summed E-state index contributed by atoms with van der Waals surface area (Å²) >= 11 is 0. The van der Waals surface area contributed by atoms with E-state index in [2.05, 4.69) is 21.4 Å². The van der Waals surface area contributed by atoms with Crippen LogP contribution in [0.1, 0.15) is 37.7 Å². The molecule has 0 bridgehead atoms. The van der Waals surface area contributed by atoms with Crippen LogP contribution in [0.15, 0.2) is 34.7 Å². The average Bonchev–Trinajstić information content (AvgIpc) is 3.00. The first-order chi connectivity index (χ1) is 12.4. The number of rotatable bonds is 7. The van der Waals surface area contributed by atoms with Gasteiger partial charge >= 0.3 is 0 Å². The number of hydrogen-bond donors (Lipinski definition) is 3. The van der Waals surface area contributed by atoms with E-state index in [0.29, 0.717) is 17.8 Å². The molecule has 1 aliphatic carbocycles. The summed E-state index contributed by atoms with van der Waals surface area (Å²) in [4.78, 5) is 23.3. The molecule has 2 amide bonds. The van der Waals surface area contributed by atoms with Gasteiger partial charge in [-0.05, 0) is 55.9 Å². The normalized spacial score (nSPS) is 16.6. The maximum atomic E-state index is 12.3. The summed E-state index contributed by atoms with van der Waals surface area (Å²) in [6.45, 7) is 0.203. The van der Waals surface area contributed by atoms with Crippen molar-refractivity contribution in [2.24, 2.45) is 0 Å². The lowest BCUT2D eigenvalue weighted by atomic mass is 9.97. The van der Waals surface area contributed by atoms with E-state index in [9.17, 15) is 18.0 Å². The number of nitrogens with one attached hydrogen (secondary N) is 3. The molecule has 1 heterocycles. The van der Waals surface area contributed by atoms with Crippen molar-refractivity contribution in [1.29, 1.82) is 0 Å². The second kappa shape index (κ2) is 8.01. The fourth-order valence-electron chi connectivity index (χ4n) is 3.17. The van der Waals surface area contributed by atoms with Gasteiger partial charge in [-0.15, -0.1) is 0 Å². The Hall–Kier alpha value is -2.19. The summed E-state index contributed by atoms with van der Waals surface area (Å²) in [6, 6.07) is 4.44. The van der Waals surface area contributed by atoms with Gasteiger partial charge < -0.3 is 10.6 Å². The highest BCUT2D eigenvalue weighted by molar-refractivity contribution is 7.89. The molecule has 0 radical (unpaired) electrons. The Balaban J connectivity index is 1.48. The van der Waals surface area contributed by atoms with Crippen LogP contribution in [0.4, 0.5) is 5.69 Å². The molecule has 3 N–H and O–H groups in total. The molecule has 1 aliphatic heterocycles. The monoisotopic (exact) mass is 377 g/mol. The van der Waals surface area contributed by atoms with Crippen molar-refractivity contribution in [3.05, 3.63) is 35.4 Å². The molecule has 1 aromatic rings. The third-order valence-corrected chi connectivity index (χ3v) is 5.99. The predicted molar refractivity (Wildman–Crippen MR) is 98.1 cm³/mol. The maximum Gasteiger partial charge on any atom is 0.241 e. The van der Waals surface area contributed by atoms with E-state index in [1.165, 1.54) is 30.5 Å². The lowest BCUT2D eigenvalue weighted by Crippen LogP contribution is -2.37.